The van der Waals surface area contributed by atoms with Crippen LogP contribution in [0.5, 0.6) is 0 Å². The first-order valence-corrected chi connectivity index (χ1v) is 8.26. The number of carbonyl (C=O) groups excluding carboxylic acids is 2. The summed E-state index contributed by atoms with van der Waals surface area (Å²) in [5.41, 5.74) is -4.06. The van der Waals surface area contributed by atoms with Gasteiger partial charge in [-0.1, -0.05) is 0 Å². The SMILES string of the molecule is COC(=O)C1(C(=O)OC)C[C@@H]1[P+]1([O-])OC(C)(C)C(C)(C)O1. The molecule has 0 amide bonds. The summed E-state index contributed by atoms with van der Waals surface area (Å²) in [4.78, 5) is 36.9. The zero-order valence-electron chi connectivity index (χ0n) is 13.1. The Kier molecular flexibility index (Phi) is 3.66. The van der Waals surface area contributed by atoms with Gasteiger partial charge in [0.05, 0.1) is 14.2 Å². The summed E-state index contributed by atoms with van der Waals surface area (Å²) < 4.78 is 20.6. The fourth-order valence-electron chi connectivity index (χ4n) is 2.52. The molecule has 7 nitrogen and oxygen atoms in total. The zero-order chi connectivity index (χ0) is 16.3. The molecule has 0 unspecified atom stereocenters. The smallest absolute Gasteiger partial charge is 0.327 e. The molecule has 2 fully saturated rings. The second-order valence-corrected chi connectivity index (χ2v) is 8.49. The summed E-state index contributed by atoms with van der Waals surface area (Å²) >= 11 is 0. The van der Waals surface area contributed by atoms with Crippen LogP contribution in [0.1, 0.15) is 34.1 Å². The van der Waals surface area contributed by atoms with E-state index in [0.29, 0.717) is 0 Å². The van der Waals surface area contributed by atoms with Crippen LogP contribution in [0.15, 0.2) is 0 Å². The highest BCUT2D eigenvalue weighted by atomic mass is 31.2. The molecule has 0 aromatic rings. The highest BCUT2D eigenvalue weighted by molar-refractivity contribution is 7.60. The Labute approximate surface area is 124 Å². The number of hydrogen-bond donors (Lipinski definition) is 0. The first kappa shape index (κ1) is 16.6. The van der Waals surface area contributed by atoms with Crippen molar-refractivity contribution < 1.29 is 33.0 Å². The molecule has 2 aliphatic rings. The molecular formula is C13H21O7P. The van der Waals surface area contributed by atoms with Crippen molar-refractivity contribution in [3.63, 3.8) is 0 Å². The first-order valence-electron chi connectivity index (χ1n) is 6.65. The van der Waals surface area contributed by atoms with Crippen molar-refractivity contribution in [1.29, 1.82) is 0 Å². The van der Waals surface area contributed by atoms with E-state index in [1.807, 2.05) is 0 Å². The molecular weight excluding hydrogens is 299 g/mol. The van der Waals surface area contributed by atoms with E-state index in [4.69, 9.17) is 9.05 Å². The minimum atomic E-state index is -3.63. The van der Waals surface area contributed by atoms with Crippen molar-refractivity contribution >= 4 is 19.9 Å². The van der Waals surface area contributed by atoms with Gasteiger partial charge in [0.25, 0.3) is 0 Å². The third kappa shape index (κ3) is 2.18. The minimum Gasteiger partial charge on any atom is -0.631 e. The lowest BCUT2D eigenvalue weighted by Gasteiger charge is -2.25. The van der Waals surface area contributed by atoms with Gasteiger partial charge in [-0.25, -0.2) is 9.05 Å². The first-order chi connectivity index (χ1) is 9.47. The van der Waals surface area contributed by atoms with Gasteiger partial charge in [-0.2, -0.15) is 0 Å². The molecule has 8 heteroatoms. The summed E-state index contributed by atoms with van der Waals surface area (Å²) in [6.07, 6.45) is 0.0375. The highest BCUT2D eigenvalue weighted by Gasteiger charge is 2.82. The Balaban J connectivity index is 2.33. The average molecular weight is 320 g/mol. The van der Waals surface area contributed by atoms with E-state index in [9.17, 15) is 14.5 Å². The van der Waals surface area contributed by atoms with E-state index in [-0.39, 0.29) is 6.42 Å². The lowest BCUT2D eigenvalue weighted by atomic mass is 9.90. The fraction of sp³-hybridized carbons (Fsp3) is 0.846. The molecule has 0 aromatic carbocycles. The largest absolute Gasteiger partial charge is 0.631 e. The molecule has 1 saturated heterocycles. The predicted molar refractivity (Wildman–Crippen MR) is 72.1 cm³/mol. The number of ether oxygens (including phenoxy) is 2. The average Bonchev–Trinajstić information content (AvgIpc) is 3.09. The van der Waals surface area contributed by atoms with Gasteiger partial charge < -0.3 is 14.4 Å². The summed E-state index contributed by atoms with van der Waals surface area (Å²) in [7, 11) is -1.29. The van der Waals surface area contributed by atoms with Crippen molar-refractivity contribution in [2.24, 2.45) is 5.41 Å². The fourth-order valence-corrected chi connectivity index (χ4v) is 5.78. The van der Waals surface area contributed by atoms with Gasteiger partial charge in [0.15, 0.2) is 0 Å². The van der Waals surface area contributed by atoms with Crippen molar-refractivity contribution in [2.75, 3.05) is 14.2 Å². The number of hydrogen-bond acceptors (Lipinski definition) is 7. The van der Waals surface area contributed by atoms with Crippen molar-refractivity contribution in [3.05, 3.63) is 0 Å². The molecule has 1 heterocycles. The van der Waals surface area contributed by atoms with Gasteiger partial charge in [0.2, 0.25) is 13.4 Å². The molecule has 0 spiro atoms. The number of carbonyl (C=O) groups is 2. The molecule has 120 valence electrons. The van der Waals surface area contributed by atoms with Crippen LogP contribution in [-0.4, -0.2) is 43.0 Å². The van der Waals surface area contributed by atoms with E-state index in [0.717, 1.165) is 0 Å². The zero-order valence-corrected chi connectivity index (χ0v) is 14.0. The monoisotopic (exact) mass is 320 g/mol. The Morgan fingerprint density at radius 1 is 1.05 bits per heavy atom. The van der Waals surface area contributed by atoms with Gasteiger partial charge in [-0.15, -0.1) is 0 Å². The molecule has 21 heavy (non-hydrogen) atoms. The molecule has 1 saturated carbocycles. The van der Waals surface area contributed by atoms with E-state index < -0.39 is 42.2 Å². The lowest BCUT2D eigenvalue weighted by molar-refractivity contribution is -0.214. The van der Waals surface area contributed by atoms with Crippen LogP contribution in [0.3, 0.4) is 0 Å². The Morgan fingerprint density at radius 3 is 1.76 bits per heavy atom. The summed E-state index contributed by atoms with van der Waals surface area (Å²) in [6.45, 7) is 7.03. The second kappa shape index (κ2) is 4.62. The van der Waals surface area contributed by atoms with Crippen molar-refractivity contribution in [1.82, 2.24) is 0 Å². The van der Waals surface area contributed by atoms with Crippen LogP contribution in [-0.2, 0) is 28.1 Å². The Morgan fingerprint density at radius 2 is 1.43 bits per heavy atom. The molecule has 0 bridgehead atoms. The Hall–Kier alpha value is -0.750. The van der Waals surface area contributed by atoms with Gasteiger partial charge >= 0.3 is 11.9 Å². The normalized spacial score (nSPS) is 30.5. The standard InChI is InChI=1S/C13H21O7P/c1-11(2)12(3,4)20-21(16,19-11)8-7-13(8,9(14)17-5)10(15)18-6/h8H,7H2,1-6H3/t8-/m0/s1. The summed E-state index contributed by atoms with van der Waals surface area (Å²) in [5, 5.41) is 0. The van der Waals surface area contributed by atoms with Gasteiger partial charge in [-0.05, 0) is 27.7 Å². The van der Waals surface area contributed by atoms with Gasteiger partial charge in [-0.3, -0.25) is 9.59 Å². The van der Waals surface area contributed by atoms with Crippen molar-refractivity contribution in [3.8, 4) is 0 Å². The molecule has 0 aromatic heterocycles. The number of esters is 2. The predicted octanol–water partition coefficient (Wildman–Crippen LogP) is 0.818. The van der Waals surface area contributed by atoms with Gasteiger partial charge in [0, 0.05) is 6.42 Å². The van der Waals surface area contributed by atoms with E-state index in [1.54, 1.807) is 27.7 Å². The topological polar surface area (TPSA) is 94.1 Å². The molecule has 1 atom stereocenters. The van der Waals surface area contributed by atoms with E-state index >= 15 is 0 Å². The summed E-state index contributed by atoms with van der Waals surface area (Å²) in [6, 6.07) is 0. The molecule has 1 aliphatic heterocycles. The van der Waals surface area contributed by atoms with Crippen LogP contribution in [0.2, 0.25) is 0 Å². The maximum absolute atomic E-state index is 13.0. The van der Waals surface area contributed by atoms with E-state index in [2.05, 4.69) is 9.47 Å². The minimum absolute atomic E-state index is 0.0375. The van der Waals surface area contributed by atoms with Crippen LogP contribution in [0, 0.1) is 5.41 Å². The summed E-state index contributed by atoms with van der Waals surface area (Å²) in [5.74, 6) is -1.55. The van der Waals surface area contributed by atoms with Crippen LogP contribution >= 0.6 is 7.94 Å². The number of methoxy groups -OCH3 is 2. The second-order valence-electron chi connectivity index (χ2n) is 6.42. The van der Waals surface area contributed by atoms with Crippen LogP contribution in [0.25, 0.3) is 0 Å². The molecule has 0 N–H and O–H groups in total. The number of rotatable bonds is 3. The maximum atomic E-state index is 13.0. The molecule has 1 aliphatic carbocycles. The highest BCUT2D eigenvalue weighted by Crippen LogP contribution is 2.80. The Bertz CT molecular complexity index is 453. The third-order valence-corrected chi connectivity index (χ3v) is 7.37. The maximum Gasteiger partial charge on any atom is 0.327 e. The lowest BCUT2D eigenvalue weighted by Crippen LogP contribution is -2.41. The molecule has 0 radical (unpaired) electrons. The van der Waals surface area contributed by atoms with E-state index in [1.165, 1.54) is 14.2 Å². The van der Waals surface area contributed by atoms with Gasteiger partial charge in [0.1, 0.15) is 16.9 Å². The van der Waals surface area contributed by atoms with Crippen LogP contribution < -0.4 is 4.89 Å². The van der Waals surface area contributed by atoms with Crippen LogP contribution in [0.4, 0.5) is 0 Å². The third-order valence-electron chi connectivity index (χ3n) is 4.57. The molecule has 2 rings (SSSR count). The van der Waals surface area contributed by atoms with Crippen molar-refractivity contribution in [2.45, 2.75) is 51.0 Å². The quantitative estimate of drug-likeness (QED) is 0.431.